The van der Waals surface area contributed by atoms with Gasteiger partial charge in [-0.2, -0.15) is 0 Å². The van der Waals surface area contributed by atoms with Crippen LogP contribution >= 0.6 is 11.3 Å². The summed E-state index contributed by atoms with van der Waals surface area (Å²) < 4.78 is 0. The number of rotatable bonds is 5. The van der Waals surface area contributed by atoms with Crippen LogP contribution in [0.5, 0.6) is 0 Å². The van der Waals surface area contributed by atoms with Crippen molar-refractivity contribution in [3.05, 3.63) is 39.5 Å². The van der Waals surface area contributed by atoms with Gasteiger partial charge in [0.2, 0.25) is 0 Å². The van der Waals surface area contributed by atoms with Gasteiger partial charge in [0.25, 0.3) is 0 Å². The normalized spacial score (nSPS) is 14.8. The SMILES string of the molecule is CN=C(NCc1ccnc(N2CCCC2)c1)NCc1sc(C)nc1C. The first-order valence-corrected chi connectivity index (χ1v) is 9.54. The van der Waals surface area contributed by atoms with E-state index in [1.807, 2.05) is 20.0 Å². The molecule has 2 N–H and O–H groups in total. The molecule has 0 radical (unpaired) electrons. The van der Waals surface area contributed by atoms with E-state index in [0.29, 0.717) is 0 Å². The summed E-state index contributed by atoms with van der Waals surface area (Å²) in [5.41, 5.74) is 2.31. The maximum absolute atomic E-state index is 4.50. The van der Waals surface area contributed by atoms with Gasteiger partial charge in [-0.3, -0.25) is 4.99 Å². The summed E-state index contributed by atoms with van der Waals surface area (Å²) in [5, 5.41) is 7.84. The van der Waals surface area contributed by atoms with Crippen LogP contribution in [0.25, 0.3) is 0 Å². The molecule has 0 atom stereocenters. The van der Waals surface area contributed by atoms with Crippen molar-refractivity contribution in [1.82, 2.24) is 20.6 Å². The van der Waals surface area contributed by atoms with Gasteiger partial charge in [-0.15, -0.1) is 11.3 Å². The minimum atomic E-state index is 0.726. The van der Waals surface area contributed by atoms with Crippen molar-refractivity contribution in [2.75, 3.05) is 25.0 Å². The van der Waals surface area contributed by atoms with Crippen LogP contribution in [0.4, 0.5) is 5.82 Å². The number of nitrogens with one attached hydrogen (secondary N) is 2. The molecule has 7 heteroatoms. The highest BCUT2D eigenvalue weighted by Gasteiger charge is 2.13. The van der Waals surface area contributed by atoms with Crippen LogP contribution in [0.15, 0.2) is 23.3 Å². The van der Waals surface area contributed by atoms with E-state index in [4.69, 9.17) is 0 Å². The Morgan fingerprint density at radius 1 is 1.24 bits per heavy atom. The molecule has 1 fully saturated rings. The highest BCUT2D eigenvalue weighted by Crippen LogP contribution is 2.18. The van der Waals surface area contributed by atoms with E-state index in [1.165, 1.54) is 23.3 Å². The molecule has 1 aliphatic rings. The molecule has 0 unspecified atom stereocenters. The lowest BCUT2D eigenvalue weighted by Gasteiger charge is -2.17. The largest absolute Gasteiger partial charge is 0.357 e. The van der Waals surface area contributed by atoms with Gasteiger partial charge in [-0.25, -0.2) is 9.97 Å². The number of nitrogens with zero attached hydrogens (tertiary/aromatic N) is 4. The third-order valence-electron chi connectivity index (χ3n) is 4.34. The summed E-state index contributed by atoms with van der Waals surface area (Å²) in [5.74, 6) is 1.88. The predicted octanol–water partition coefficient (Wildman–Crippen LogP) is 2.62. The monoisotopic (exact) mass is 358 g/mol. The van der Waals surface area contributed by atoms with Crippen molar-refractivity contribution in [3.63, 3.8) is 0 Å². The van der Waals surface area contributed by atoms with Gasteiger partial charge in [-0.05, 0) is 44.4 Å². The van der Waals surface area contributed by atoms with Gasteiger partial charge in [0.1, 0.15) is 5.82 Å². The Kier molecular flexibility index (Phi) is 5.86. The van der Waals surface area contributed by atoms with Crippen molar-refractivity contribution in [2.24, 2.45) is 4.99 Å². The molecule has 25 heavy (non-hydrogen) atoms. The summed E-state index contributed by atoms with van der Waals surface area (Å²) in [4.78, 5) is 16.9. The lowest BCUT2D eigenvalue weighted by molar-refractivity contribution is 0.809. The Labute approximate surface area is 153 Å². The number of aliphatic imine (C=N–C) groups is 1. The van der Waals surface area contributed by atoms with Crippen molar-refractivity contribution >= 4 is 23.1 Å². The maximum atomic E-state index is 4.50. The second-order valence-corrected chi connectivity index (χ2v) is 7.52. The molecule has 0 aromatic carbocycles. The van der Waals surface area contributed by atoms with E-state index in [0.717, 1.165) is 48.7 Å². The van der Waals surface area contributed by atoms with Crippen LogP contribution in [-0.2, 0) is 13.1 Å². The first-order chi connectivity index (χ1) is 12.2. The molecule has 1 aliphatic heterocycles. The molecule has 134 valence electrons. The third kappa shape index (κ3) is 4.69. The lowest BCUT2D eigenvalue weighted by Crippen LogP contribution is -2.36. The number of hydrogen-bond acceptors (Lipinski definition) is 5. The van der Waals surface area contributed by atoms with Crippen molar-refractivity contribution in [2.45, 2.75) is 39.8 Å². The molecule has 2 aromatic rings. The molecule has 0 amide bonds. The van der Waals surface area contributed by atoms with Crippen LogP contribution in [0.3, 0.4) is 0 Å². The van der Waals surface area contributed by atoms with E-state index >= 15 is 0 Å². The predicted molar refractivity (Wildman–Crippen MR) is 104 cm³/mol. The molecular weight excluding hydrogens is 332 g/mol. The van der Waals surface area contributed by atoms with Gasteiger partial charge in [0.15, 0.2) is 5.96 Å². The lowest BCUT2D eigenvalue weighted by atomic mass is 10.2. The number of thiazole rings is 1. The summed E-state index contributed by atoms with van der Waals surface area (Å²) >= 11 is 1.73. The fraction of sp³-hybridized carbons (Fsp3) is 0.500. The Bertz CT molecular complexity index is 733. The molecule has 0 aliphatic carbocycles. The average Bonchev–Trinajstić information content (AvgIpc) is 3.25. The number of guanidine groups is 1. The second kappa shape index (κ2) is 8.29. The molecular formula is C18H26N6S. The minimum absolute atomic E-state index is 0.726. The average molecular weight is 359 g/mol. The first kappa shape index (κ1) is 17.7. The fourth-order valence-corrected chi connectivity index (χ4v) is 3.87. The molecule has 3 heterocycles. The zero-order valence-corrected chi connectivity index (χ0v) is 16.0. The maximum Gasteiger partial charge on any atom is 0.191 e. The van der Waals surface area contributed by atoms with Crippen molar-refractivity contribution in [3.8, 4) is 0 Å². The topological polar surface area (TPSA) is 65.4 Å². The highest BCUT2D eigenvalue weighted by molar-refractivity contribution is 7.11. The summed E-state index contributed by atoms with van der Waals surface area (Å²) in [6, 6.07) is 4.22. The zero-order chi connectivity index (χ0) is 17.6. The molecule has 1 saturated heterocycles. The Morgan fingerprint density at radius 2 is 2.00 bits per heavy atom. The number of aryl methyl sites for hydroxylation is 2. The highest BCUT2D eigenvalue weighted by atomic mass is 32.1. The fourth-order valence-electron chi connectivity index (χ4n) is 3.00. The van der Waals surface area contributed by atoms with Crippen LogP contribution in [-0.4, -0.2) is 36.1 Å². The molecule has 6 nitrogen and oxygen atoms in total. The number of anilines is 1. The van der Waals surface area contributed by atoms with Gasteiger partial charge in [0.05, 0.1) is 17.2 Å². The van der Waals surface area contributed by atoms with Gasteiger partial charge < -0.3 is 15.5 Å². The molecule has 2 aromatic heterocycles. The van der Waals surface area contributed by atoms with E-state index in [-0.39, 0.29) is 0 Å². The first-order valence-electron chi connectivity index (χ1n) is 8.73. The van der Waals surface area contributed by atoms with Gasteiger partial charge >= 0.3 is 0 Å². The number of hydrogen-bond donors (Lipinski definition) is 2. The van der Waals surface area contributed by atoms with Crippen LogP contribution in [0.2, 0.25) is 0 Å². The van der Waals surface area contributed by atoms with Crippen LogP contribution < -0.4 is 15.5 Å². The van der Waals surface area contributed by atoms with Crippen LogP contribution in [0, 0.1) is 13.8 Å². The quantitative estimate of drug-likeness (QED) is 0.635. The van der Waals surface area contributed by atoms with Gasteiger partial charge in [-0.1, -0.05) is 0 Å². The van der Waals surface area contributed by atoms with E-state index in [2.05, 4.69) is 42.6 Å². The Morgan fingerprint density at radius 3 is 2.68 bits per heavy atom. The Balaban J connectivity index is 1.54. The summed E-state index contributed by atoms with van der Waals surface area (Å²) in [6.07, 6.45) is 4.42. The van der Waals surface area contributed by atoms with Crippen LogP contribution in [0.1, 0.15) is 34.0 Å². The molecule has 0 bridgehead atoms. The van der Waals surface area contributed by atoms with Gasteiger partial charge in [0, 0.05) is 37.8 Å². The van der Waals surface area contributed by atoms with Crippen molar-refractivity contribution in [1.29, 1.82) is 0 Å². The number of pyridine rings is 1. The standard InChI is InChI=1S/C18H26N6S/c1-13-16(25-14(2)23-13)12-22-18(19-3)21-11-15-6-7-20-17(10-15)24-8-4-5-9-24/h6-7,10H,4-5,8-9,11-12H2,1-3H3,(H2,19,21,22). The van der Waals surface area contributed by atoms with Crippen molar-refractivity contribution < 1.29 is 0 Å². The Hall–Kier alpha value is -2.15. The summed E-state index contributed by atoms with van der Waals surface area (Å²) in [6.45, 7) is 7.78. The molecule has 0 saturated carbocycles. The zero-order valence-electron chi connectivity index (χ0n) is 15.2. The second-order valence-electron chi connectivity index (χ2n) is 6.24. The molecule has 0 spiro atoms. The summed E-state index contributed by atoms with van der Waals surface area (Å²) in [7, 11) is 1.79. The van der Waals surface area contributed by atoms with E-state index in [1.54, 1.807) is 18.4 Å². The smallest absolute Gasteiger partial charge is 0.191 e. The van der Waals surface area contributed by atoms with E-state index < -0.39 is 0 Å². The number of aromatic nitrogens is 2. The molecule has 3 rings (SSSR count). The minimum Gasteiger partial charge on any atom is -0.357 e. The third-order valence-corrected chi connectivity index (χ3v) is 5.41. The van der Waals surface area contributed by atoms with E-state index in [9.17, 15) is 0 Å².